The van der Waals surface area contributed by atoms with Gasteiger partial charge < -0.3 is 9.47 Å². The molecule has 0 saturated heterocycles. The van der Waals surface area contributed by atoms with E-state index < -0.39 is 0 Å². The second kappa shape index (κ2) is 6.10. The van der Waals surface area contributed by atoms with E-state index in [0.29, 0.717) is 0 Å². The number of benzene rings is 2. The molecule has 2 aromatic rings. The molecule has 0 atom stereocenters. The van der Waals surface area contributed by atoms with Crippen LogP contribution < -0.4 is 9.47 Å². The number of para-hydroxylation sites is 1. The first-order valence-electron chi connectivity index (χ1n) is 6.23. The molecule has 0 aromatic heterocycles. The van der Waals surface area contributed by atoms with E-state index in [2.05, 4.69) is 13.0 Å². The average Bonchev–Trinajstić information content (AvgIpc) is 2.41. The Morgan fingerprint density at radius 3 is 2.39 bits per heavy atom. The molecule has 0 unspecified atom stereocenters. The minimum absolute atomic E-state index is 0.852. The Kier molecular flexibility index (Phi) is 4.24. The first-order valence-corrected chi connectivity index (χ1v) is 6.23. The Morgan fingerprint density at radius 2 is 1.72 bits per heavy atom. The predicted octanol–water partition coefficient (Wildman–Crippen LogP) is 4.44. The van der Waals surface area contributed by atoms with Crippen LogP contribution in [0.4, 0.5) is 0 Å². The van der Waals surface area contributed by atoms with E-state index in [1.54, 1.807) is 7.11 Å². The lowest BCUT2D eigenvalue weighted by atomic mass is 10.1. The molecule has 2 aromatic carbocycles. The van der Waals surface area contributed by atoms with Crippen LogP contribution in [-0.4, -0.2) is 7.11 Å². The lowest BCUT2D eigenvalue weighted by Crippen LogP contribution is -1.93. The Morgan fingerprint density at radius 1 is 0.944 bits per heavy atom. The standard InChI is InChI=1S/C16H18O2/c1-3-7-13-12-15(10-11-16(13)17-2)18-14-8-5-4-6-9-14/h4-6,8-12H,3,7H2,1-2H3. The van der Waals surface area contributed by atoms with Crippen LogP contribution >= 0.6 is 0 Å². The van der Waals surface area contributed by atoms with Crippen molar-refractivity contribution in [2.24, 2.45) is 0 Å². The fourth-order valence-corrected chi connectivity index (χ4v) is 1.91. The Balaban J connectivity index is 2.21. The number of aryl methyl sites for hydroxylation is 1. The van der Waals surface area contributed by atoms with Gasteiger partial charge in [0.15, 0.2) is 0 Å². The quantitative estimate of drug-likeness (QED) is 0.771. The van der Waals surface area contributed by atoms with Crippen LogP contribution in [0.25, 0.3) is 0 Å². The topological polar surface area (TPSA) is 18.5 Å². The molecule has 2 heteroatoms. The van der Waals surface area contributed by atoms with E-state index in [9.17, 15) is 0 Å². The molecule has 2 rings (SSSR count). The first kappa shape index (κ1) is 12.5. The molecule has 0 N–H and O–H groups in total. The number of ether oxygens (including phenoxy) is 2. The van der Waals surface area contributed by atoms with E-state index in [1.165, 1.54) is 5.56 Å². The molecule has 0 bridgehead atoms. The van der Waals surface area contributed by atoms with Crippen LogP contribution in [0.15, 0.2) is 48.5 Å². The minimum Gasteiger partial charge on any atom is -0.496 e. The summed E-state index contributed by atoms with van der Waals surface area (Å²) in [7, 11) is 1.70. The van der Waals surface area contributed by atoms with Crippen molar-refractivity contribution in [1.82, 2.24) is 0 Å². The van der Waals surface area contributed by atoms with Gasteiger partial charge in [0.2, 0.25) is 0 Å². The van der Waals surface area contributed by atoms with E-state index >= 15 is 0 Å². The lowest BCUT2D eigenvalue weighted by Gasteiger charge is -2.11. The minimum atomic E-state index is 0.852. The summed E-state index contributed by atoms with van der Waals surface area (Å²) in [6, 6.07) is 15.7. The van der Waals surface area contributed by atoms with E-state index in [4.69, 9.17) is 9.47 Å². The fraction of sp³-hybridized carbons (Fsp3) is 0.250. The number of hydrogen-bond donors (Lipinski definition) is 0. The number of methoxy groups -OCH3 is 1. The summed E-state index contributed by atoms with van der Waals surface area (Å²) in [6.45, 7) is 2.16. The third-order valence-electron chi connectivity index (χ3n) is 2.75. The highest BCUT2D eigenvalue weighted by Crippen LogP contribution is 2.28. The number of hydrogen-bond acceptors (Lipinski definition) is 2. The Hall–Kier alpha value is -1.96. The predicted molar refractivity (Wildman–Crippen MR) is 73.5 cm³/mol. The Labute approximate surface area is 108 Å². The second-order valence-electron chi connectivity index (χ2n) is 4.14. The van der Waals surface area contributed by atoms with E-state index in [0.717, 1.165) is 30.1 Å². The lowest BCUT2D eigenvalue weighted by molar-refractivity contribution is 0.407. The summed E-state index contributed by atoms with van der Waals surface area (Å²) >= 11 is 0. The van der Waals surface area contributed by atoms with Crippen LogP contribution in [0, 0.1) is 0 Å². The molecule has 94 valence electrons. The van der Waals surface area contributed by atoms with Gasteiger partial charge in [-0.1, -0.05) is 31.5 Å². The highest BCUT2D eigenvalue weighted by molar-refractivity contribution is 5.42. The van der Waals surface area contributed by atoms with Crippen molar-refractivity contribution in [3.05, 3.63) is 54.1 Å². The SMILES string of the molecule is CCCc1cc(Oc2ccccc2)ccc1OC. The van der Waals surface area contributed by atoms with Crippen LogP contribution in [-0.2, 0) is 6.42 Å². The number of rotatable bonds is 5. The van der Waals surface area contributed by atoms with Crippen molar-refractivity contribution < 1.29 is 9.47 Å². The zero-order valence-corrected chi connectivity index (χ0v) is 10.8. The van der Waals surface area contributed by atoms with Crippen molar-refractivity contribution in [1.29, 1.82) is 0 Å². The molecule has 0 aliphatic heterocycles. The maximum atomic E-state index is 5.81. The molecule has 0 saturated carbocycles. The summed E-state index contributed by atoms with van der Waals surface area (Å²) < 4.78 is 11.2. The summed E-state index contributed by atoms with van der Waals surface area (Å²) in [5.41, 5.74) is 1.19. The van der Waals surface area contributed by atoms with Gasteiger partial charge in [-0.05, 0) is 42.3 Å². The normalized spacial score (nSPS) is 10.1. The van der Waals surface area contributed by atoms with Crippen LogP contribution in [0.3, 0.4) is 0 Å². The van der Waals surface area contributed by atoms with Crippen molar-refractivity contribution in [3.63, 3.8) is 0 Å². The van der Waals surface area contributed by atoms with Gasteiger partial charge in [0.05, 0.1) is 7.11 Å². The van der Waals surface area contributed by atoms with Gasteiger partial charge in [-0.3, -0.25) is 0 Å². The van der Waals surface area contributed by atoms with Crippen molar-refractivity contribution >= 4 is 0 Å². The molecule has 0 fully saturated rings. The van der Waals surface area contributed by atoms with Gasteiger partial charge in [0.1, 0.15) is 17.2 Å². The summed E-state index contributed by atoms with van der Waals surface area (Å²) in [4.78, 5) is 0. The van der Waals surface area contributed by atoms with Gasteiger partial charge in [0, 0.05) is 0 Å². The maximum Gasteiger partial charge on any atom is 0.127 e. The smallest absolute Gasteiger partial charge is 0.127 e. The van der Waals surface area contributed by atoms with Gasteiger partial charge in [-0.2, -0.15) is 0 Å². The summed E-state index contributed by atoms with van der Waals surface area (Å²) in [5.74, 6) is 2.63. The molecule has 0 spiro atoms. The highest BCUT2D eigenvalue weighted by Gasteiger charge is 2.05. The van der Waals surface area contributed by atoms with Crippen LogP contribution in [0.1, 0.15) is 18.9 Å². The molecule has 0 aliphatic rings. The molecule has 0 amide bonds. The third kappa shape index (κ3) is 3.04. The fourth-order valence-electron chi connectivity index (χ4n) is 1.91. The van der Waals surface area contributed by atoms with E-state index in [1.807, 2.05) is 42.5 Å². The molecular weight excluding hydrogens is 224 g/mol. The Bertz CT molecular complexity index is 492. The van der Waals surface area contributed by atoms with Gasteiger partial charge in [0.25, 0.3) is 0 Å². The van der Waals surface area contributed by atoms with E-state index in [-0.39, 0.29) is 0 Å². The van der Waals surface area contributed by atoms with Crippen LogP contribution in [0.5, 0.6) is 17.2 Å². The third-order valence-corrected chi connectivity index (χ3v) is 2.75. The van der Waals surface area contributed by atoms with Gasteiger partial charge in [-0.15, -0.1) is 0 Å². The molecule has 0 aliphatic carbocycles. The summed E-state index contributed by atoms with van der Waals surface area (Å²) in [6.07, 6.45) is 2.08. The molecule has 2 nitrogen and oxygen atoms in total. The monoisotopic (exact) mass is 242 g/mol. The highest BCUT2D eigenvalue weighted by atomic mass is 16.5. The molecule has 0 heterocycles. The molecular formula is C16H18O2. The van der Waals surface area contributed by atoms with Crippen LogP contribution in [0.2, 0.25) is 0 Å². The second-order valence-corrected chi connectivity index (χ2v) is 4.14. The molecule has 18 heavy (non-hydrogen) atoms. The van der Waals surface area contributed by atoms with Crippen molar-refractivity contribution in [2.45, 2.75) is 19.8 Å². The zero-order chi connectivity index (χ0) is 12.8. The van der Waals surface area contributed by atoms with Crippen molar-refractivity contribution in [2.75, 3.05) is 7.11 Å². The first-order chi connectivity index (χ1) is 8.83. The maximum absolute atomic E-state index is 5.81. The zero-order valence-electron chi connectivity index (χ0n) is 10.8. The average molecular weight is 242 g/mol. The molecule has 0 radical (unpaired) electrons. The largest absolute Gasteiger partial charge is 0.496 e. The van der Waals surface area contributed by atoms with Gasteiger partial charge >= 0.3 is 0 Å². The summed E-state index contributed by atoms with van der Waals surface area (Å²) in [5, 5.41) is 0. The van der Waals surface area contributed by atoms with Crippen molar-refractivity contribution in [3.8, 4) is 17.2 Å². The van der Waals surface area contributed by atoms with Gasteiger partial charge in [-0.25, -0.2) is 0 Å².